The van der Waals surface area contributed by atoms with Gasteiger partial charge in [-0.15, -0.1) is 0 Å². The Morgan fingerprint density at radius 3 is 2.57 bits per heavy atom. The van der Waals surface area contributed by atoms with Crippen LogP contribution in [0.25, 0.3) is 0 Å². The first-order chi connectivity index (χ1) is 10.9. The van der Waals surface area contributed by atoms with Crippen LogP contribution in [-0.4, -0.2) is 38.0 Å². The molecule has 1 aromatic rings. The fraction of sp³-hybridized carbons (Fsp3) is 0.562. The number of anilines is 1. The lowest BCUT2D eigenvalue weighted by Crippen LogP contribution is -2.48. The van der Waals surface area contributed by atoms with Crippen molar-refractivity contribution >= 4 is 11.6 Å². The van der Waals surface area contributed by atoms with Crippen LogP contribution in [0.3, 0.4) is 0 Å². The fourth-order valence-electron chi connectivity index (χ4n) is 2.60. The molecular formula is C16H20F3NO3. The van der Waals surface area contributed by atoms with Gasteiger partial charge in [0, 0.05) is 45.3 Å². The van der Waals surface area contributed by atoms with Crippen molar-refractivity contribution in [2.75, 3.05) is 25.6 Å². The van der Waals surface area contributed by atoms with Crippen LogP contribution in [0, 0.1) is 0 Å². The summed E-state index contributed by atoms with van der Waals surface area (Å²) in [5.41, 5.74) is -0.142. The minimum atomic E-state index is -4.23. The first-order valence-corrected chi connectivity index (χ1v) is 7.45. The minimum absolute atomic E-state index is 0.178. The average Bonchev–Trinajstić information content (AvgIpc) is 2.54. The lowest BCUT2D eigenvalue weighted by Gasteiger charge is -2.34. The van der Waals surface area contributed by atoms with Crippen LogP contribution >= 0.6 is 0 Å². The van der Waals surface area contributed by atoms with Gasteiger partial charge in [-0.05, 0) is 18.1 Å². The second kappa shape index (κ2) is 7.31. The van der Waals surface area contributed by atoms with E-state index in [9.17, 15) is 18.0 Å². The van der Waals surface area contributed by atoms with E-state index < -0.39 is 18.2 Å². The zero-order valence-corrected chi connectivity index (χ0v) is 12.9. The molecule has 7 heteroatoms. The summed E-state index contributed by atoms with van der Waals surface area (Å²) in [5, 5.41) is 2.72. The molecule has 0 aromatic heterocycles. The molecule has 0 unspecified atom stereocenters. The predicted octanol–water partition coefficient (Wildman–Crippen LogP) is 3.32. The maximum absolute atomic E-state index is 12.6. The minimum Gasteiger partial charge on any atom is -0.381 e. The van der Waals surface area contributed by atoms with Gasteiger partial charge in [0.1, 0.15) is 0 Å². The van der Waals surface area contributed by atoms with E-state index in [1.54, 1.807) is 24.3 Å². The number of nitrogens with one attached hydrogen (secondary N) is 1. The number of rotatable bonds is 5. The van der Waals surface area contributed by atoms with Crippen molar-refractivity contribution in [3.8, 4) is 0 Å². The van der Waals surface area contributed by atoms with Crippen molar-refractivity contribution < 1.29 is 27.4 Å². The van der Waals surface area contributed by atoms with Gasteiger partial charge in [0.15, 0.2) is 5.60 Å². The van der Waals surface area contributed by atoms with E-state index >= 15 is 0 Å². The Morgan fingerprint density at radius 1 is 1.30 bits per heavy atom. The number of carbonyl (C=O) groups excluding carboxylic acids is 1. The molecule has 0 bridgehead atoms. The summed E-state index contributed by atoms with van der Waals surface area (Å²) in [4.78, 5) is 12.6. The van der Waals surface area contributed by atoms with Gasteiger partial charge in [-0.1, -0.05) is 18.2 Å². The van der Waals surface area contributed by atoms with Gasteiger partial charge in [0.25, 0.3) is 5.91 Å². The monoisotopic (exact) mass is 331 g/mol. The van der Waals surface area contributed by atoms with Crippen molar-refractivity contribution in [1.82, 2.24) is 0 Å². The maximum atomic E-state index is 12.6. The van der Waals surface area contributed by atoms with E-state index in [2.05, 4.69) is 5.32 Å². The third-order valence-electron chi connectivity index (χ3n) is 4.05. The predicted molar refractivity (Wildman–Crippen MR) is 79.2 cm³/mol. The van der Waals surface area contributed by atoms with Gasteiger partial charge in [0.05, 0.1) is 0 Å². The summed E-state index contributed by atoms with van der Waals surface area (Å²) >= 11 is 0. The molecule has 1 N–H and O–H groups in total. The summed E-state index contributed by atoms with van der Waals surface area (Å²) in [6.45, 7) is 0.827. The highest BCUT2D eigenvalue weighted by Gasteiger charge is 2.40. The van der Waals surface area contributed by atoms with Crippen LogP contribution in [0.4, 0.5) is 18.9 Å². The second-order valence-electron chi connectivity index (χ2n) is 5.54. The van der Waals surface area contributed by atoms with Gasteiger partial charge in [0.2, 0.25) is 0 Å². The van der Waals surface area contributed by atoms with E-state index in [0.717, 1.165) is 0 Å². The van der Waals surface area contributed by atoms with Gasteiger partial charge in [-0.25, -0.2) is 0 Å². The summed E-state index contributed by atoms with van der Waals surface area (Å²) in [7, 11) is 1.46. The van der Waals surface area contributed by atoms with Crippen LogP contribution in [0.5, 0.6) is 0 Å². The number of benzene rings is 1. The van der Waals surface area contributed by atoms with Gasteiger partial charge in [-0.3, -0.25) is 4.79 Å². The number of methoxy groups -OCH3 is 1. The van der Waals surface area contributed by atoms with E-state index in [1.165, 1.54) is 7.11 Å². The molecule has 0 atom stereocenters. The molecule has 2 rings (SSSR count). The number of hydrogen-bond donors (Lipinski definition) is 1. The Balaban J connectivity index is 2.11. The summed E-state index contributed by atoms with van der Waals surface area (Å²) in [6.07, 6.45) is -4.50. The highest BCUT2D eigenvalue weighted by Crippen LogP contribution is 2.29. The lowest BCUT2D eigenvalue weighted by atomic mass is 9.92. The van der Waals surface area contributed by atoms with Crippen molar-refractivity contribution in [2.24, 2.45) is 0 Å². The molecule has 23 heavy (non-hydrogen) atoms. The summed E-state index contributed by atoms with van der Waals surface area (Å²) in [5.74, 6) is -0.345. The second-order valence-corrected chi connectivity index (χ2v) is 5.54. The molecule has 0 spiro atoms. The first-order valence-electron chi connectivity index (χ1n) is 7.45. The van der Waals surface area contributed by atoms with E-state index in [0.29, 0.717) is 37.3 Å². The highest BCUT2D eigenvalue weighted by atomic mass is 19.4. The molecule has 0 saturated carbocycles. The molecule has 1 aromatic carbocycles. The molecule has 1 amide bonds. The zero-order chi connectivity index (χ0) is 16.9. The third kappa shape index (κ3) is 4.68. The third-order valence-corrected chi connectivity index (χ3v) is 4.05. The number of para-hydroxylation sites is 1. The molecule has 1 aliphatic rings. The molecule has 0 radical (unpaired) electrons. The summed E-state index contributed by atoms with van der Waals surface area (Å²) < 4.78 is 47.9. The van der Waals surface area contributed by atoms with Crippen LogP contribution in [0.2, 0.25) is 0 Å². The van der Waals surface area contributed by atoms with Crippen LogP contribution in [0.15, 0.2) is 24.3 Å². The lowest BCUT2D eigenvalue weighted by molar-refractivity contribution is -0.149. The normalized spacial score (nSPS) is 17.7. The fourth-order valence-corrected chi connectivity index (χ4v) is 2.60. The van der Waals surface area contributed by atoms with Gasteiger partial charge >= 0.3 is 6.18 Å². The first kappa shape index (κ1) is 17.7. The molecule has 4 nitrogen and oxygen atoms in total. The molecule has 1 heterocycles. The molecule has 1 saturated heterocycles. The van der Waals surface area contributed by atoms with Gasteiger partial charge < -0.3 is 14.8 Å². The molecule has 1 fully saturated rings. The number of alkyl halides is 3. The Labute approximate surface area is 133 Å². The summed E-state index contributed by atoms with van der Waals surface area (Å²) in [6, 6.07) is 6.52. The van der Waals surface area contributed by atoms with Crippen molar-refractivity contribution in [2.45, 2.75) is 37.5 Å². The Hall–Kier alpha value is -1.60. The Kier molecular flexibility index (Phi) is 5.64. The molecule has 1 aliphatic heterocycles. The Bertz CT molecular complexity index is 540. The number of halogens is 3. The maximum Gasteiger partial charge on any atom is 0.389 e. The van der Waals surface area contributed by atoms with E-state index in [4.69, 9.17) is 9.47 Å². The molecular weight excluding hydrogens is 311 g/mol. The van der Waals surface area contributed by atoms with Crippen LogP contribution in [0.1, 0.15) is 24.8 Å². The number of ether oxygens (including phenoxy) is 2. The highest BCUT2D eigenvalue weighted by molar-refractivity contribution is 5.98. The number of aryl methyl sites for hydroxylation is 1. The molecule has 128 valence electrons. The Morgan fingerprint density at radius 2 is 1.96 bits per heavy atom. The largest absolute Gasteiger partial charge is 0.389 e. The average molecular weight is 331 g/mol. The zero-order valence-electron chi connectivity index (χ0n) is 12.9. The standard InChI is InChI=1S/C16H20F3NO3/c1-22-15(8-10-23-11-9-15)14(21)20-13-5-3-2-4-12(13)6-7-16(17,18)19/h2-5H,6-11H2,1H3,(H,20,21). The molecule has 0 aliphatic carbocycles. The quantitative estimate of drug-likeness (QED) is 0.900. The van der Waals surface area contributed by atoms with Crippen LogP contribution < -0.4 is 5.32 Å². The number of amides is 1. The van der Waals surface area contributed by atoms with E-state index in [1.807, 2.05) is 0 Å². The van der Waals surface area contributed by atoms with Gasteiger partial charge in [-0.2, -0.15) is 13.2 Å². The topological polar surface area (TPSA) is 47.6 Å². The number of carbonyl (C=O) groups is 1. The van der Waals surface area contributed by atoms with Crippen molar-refractivity contribution in [3.05, 3.63) is 29.8 Å². The van der Waals surface area contributed by atoms with Crippen LogP contribution in [-0.2, 0) is 20.7 Å². The van der Waals surface area contributed by atoms with Crippen molar-refractivity contribution in [1.29, 1.82) is 0 Å². The SMILES string of the molecule is COC1(C(=O)Nc2ccccc2CCC(F)(F)F)CCOCC1. The number of hydrogen-bond acceptors (Lipinski definition) is 3. The van der Waals surface area contributed by atoms with Crippen molar-refractivity contribution in [3.63, 3.8) is 0 Å². The smallest absolute Gasteiger partial charge is 0.381 e. The van der Waals surface area contributed by atoms with E-state index in [-0.39, 0.29) is 12.3 Å².